The fourth-order valence-electron chi connectivity index (χ4n) is 1.89. The van der Waals surface area contributed by atoms with Gasteiger partial charge in [0.05, 0.1) is 0 Å². The minimum atomic E-state index is -2.83. The second-order valence-corrected chi connectivity index (χ2v) is 4.37. The zero-order chi connectivity index (χ0) is 14.5. The summed E-state index contributed by atoms with van der Waals surface area (Å²) in [6, 6.07) is 13.1. The van der Waals surface area contributed by atoms with E-state index >= 15 is 0 Å². The first-order chi connectivity index (χ1) is 9.54. The summed E-state index contributed by atoms with van der Waals surface area (Å²) in [4.78, 5) is 0. The van der Waals surface area contributed by atoms with Gasteiger partial charge >= 0.3 is 6.61 Å². The summed E-state index contributed by atoms with van der Waals surface area (Å²) in [6.45, 7) is -0.939. The third-order valence-corrected chi connectivity index (χ3v) is 2.81. The molecule has 0 saturated heterocycles. The van der Waals surface area contributed by atoms with Crippen LogP contribution in [0.4, 0.5) is 14.5 Å². The molecule has 3 nitrogen and oxygen atoms in total. The fraction of sp³-hybridized carbons (Fsp3) is 0.200. The maximum absolute atomic E-state index is 12.2. The van der Waals surface area contributed by atoms with E-state index in [1.165, 1.54) is 6.07 Å². The number of nitrogens with one attached hydrogen (secondary N) is 1. The number of alkyl halides is 2. The van der Waals surface area contributed by atoms with Crippen LogP contribution in [0.5, 0.6) is 11.5 Å². The Hall–Kier alpha value is -2.30. The number of ether oxygens (including phenoxy) is 1. The average Bonchev–Trinajstić information content (AvgIpc) is 2.38. The van der Waals surface area contributed by atoms with Crippen LogP contribution in [0.15, 0.2) is 48.5 Å². The summed E-state index contributed by atoms with van der Waals surface area (Å²) in [5.41, 5.74) is 1.56. The Bertz CT molecular complexity index is 575. The molecule has 0 bridgehead atoms. The molecule has 0 aromatic heterocycles. The van der Waals surface area contributed by atoms with E-state index < -0.39 is 6.61 Å². The Morgan fingerprint density at radius 1 is 1.10 bits per heavy atom. The van der Waals surface area contributed by atoms with Crippen molar-refractivity contribution in [1.82, 2.24) is 0 Å². The van der Waals surface area contributed by atoms with Gasteiger partial charge in [-0.3, -0.25) is 0 Å². The molecule has 0 heterocycles. The van der Waals surface area contributed by atoms with Gasteiger partial charge in [-0.15, -0.1) is 0 Å². The van der Waals surface area contributed by atoms with Crippen molar-refractivity contribution in [3.05, 3.63) is 54.1 Å². The van der Waals surface area contributed by atoms with Crippen LogP contribution in [-0.2, 0) is 0 Å². The van der Waals surface area contributed by atoms with Gasteiger partial charge in [-0.2, -0.15) is 8.78 Å². The minimum Gasteiger partial charge on any atom is -0.508 e. The molecule has 106 valence electrons. The molecule has 0 aliphatic heterocycles. The Labute approximate surface area is 115 Å². The van der Waals surface area contributed by atoms with E-state index in [4.69, 9.17) is 0 Å². The molecule has 0 saturated carbocycles. The molecule has 1 atom stereocenters. The quantitative estimate of drug-likeness (QED) is 0.863. The lowest BCUT2D eigenvalue weighted by Crippen LogP contribution is -2.07. The number of anilines is 1. The van der Waals surface area contributed by atoms with E-state index in [9.17, 15) is 13.9 Å². The third kappa shape index (κ3) is 3.85. The zero-order valence-corrected chi connectivity index (χ0v) is 10.9. The number of aromatic hydroxyl groups is 1. The van der Waals surface area contributed by atoms with Crippen molar-refractivity contribution in [1.29, 1.82) is 0 Å². The highest BCUT2D eigenvalue weighted by Crippen LogP contribution is 2.25. The van der Waals surface area contributed by atoms with E-state index in [0.29, 0.717) is 0 Å². The van der Waals surface area contributed by atoms with Gasteiger partial charge in [-0.1, -0.05) is 18.2 Å². The molecule has 1 unspecified atom stereocenters. The lowest BCUT2D eigenvalue weighted by molar-refractivity contribution is -0.0498. The second kappa shape index (κ2) is 6.23. The second-order valence-electron chi connectivity index (χ2n) is 4.37. The Morgan fingerprint density at radius 3 is 2.55 bits per heavy atom. The van der Waals surface area contributed by atoms with Crippen molar-refractivity contribution >= 4 is 5.69 Å². The molecule has 2 N–H and O–H groups in total. The van der Waals surface area contributed by atoms with Crippen LogP contribution in [0, 0.1) is 0 Å². The minimum absolute atomic E-state index is 0.113. The van der Waals surface area contributed by atoms with Crippen LogP contribution in [-0.4, -0.2) is 11.7 Å². The predicted octanol–water partition coefficient (Wildman–Crippen LogP) is 4.17. The van der Waals surface area contributed by atoms with Crippen LogP contribution >= 0.6 is 0 Å². The van der Waals surface area contributed by atoms with Gasteiger partial charge in [0, 0.05) is 17.8 Å². The van der Waals surface area contributed by atoms with Crippen molar-refractivity contribution in [3.63, 3.8) is 0 Å². The summed E-state index contributed by atoms with van der Waals surface area (Å²) in [6.07, 6.45) is 0. The molecule has 2 aromatic carbocycles. The Balaban J connectivity index is 2.10. The summed E-state index contributed by atoms with van der Waals surface area (Å²) in [5.74, 6) is 0.291. The molecule has 20 heavy (non-hydrogen) atoms. The molecule has 0 fully saturated rings. The van der Waals surface area contributed by atoms with Gasteiger partial charge in [0.2, 0.25) is 0 Å². The maximum Gasteiger partial charge on any atom is 0.387 e. The van der Waals surface area contributed by atoms with Gasteiger partial charge in [0.15, 0.2) is 0 Å². The lowest BCUT2D eigenvalue weighted by atomic mass is 10.1. The highest BCUT2D eigenvalue weighted by molar-refractivity contribution is 5.49. The van der Waals surface area contributed by atoms with E-state index in [1.807, 2.05) is 19.1 Å². The van der Waals surface area contributed by atoms with Gasteiger partial charge in [-0.05, 0) is 36.8 Å². The summed E-state index contributed by atoms with van der Waals surface area (Å²) in [7, 11) is 0. The molecule has 0 spiro atoms. The molecule has 0 aliphatic carbocycles. The average molecular weight is 279 g/mol. The summed E-state index contributed by atoms with van der Waals surface area (Å²) >= 11 is 0. The predicted molar refractivity (Wildman–Crippen MR) is 73.2 cm³/mol. The first kappa shape index (κ1) is 14.1. The number of benzene rings is 2. The van der Waals surface area contributed by atoms with Crippen LogP contribution < -0.4 is 10.1 Å². The highest BCUT2D eigenvalue weighted by atomic mass is 19.3. The number of halogens is 2. The number of phenols is 1. The molecule has 2 aromatic rings. The van der Waals surface area contributed by atoms with Crippen molar-refractivity contribution < 1.29 is 18.6 Å². The SMILES string of the molecule is CC(Nc1cccc(O)c1)c1cccc(OC(F)F)c1. The normalized spacial score (nSPS) is 12.2. The van der Waals surface area contributed by atoms with E-state index in [0.717, 1.165) is 11.3 Å². The molecular weight excluding hydrogens is 264 g/mol. The first-order valence-electron chi connectivity index (χ1n) is 6.15. The molecule has 2 rings (SSSR count). The Morgan fingerprint density at radius 2 is 1.85 bits per heavy atom. The van der Waals surface area contributed by atoms with Crippen LogP contribution in [0.1, 0.15) is 18.5 Å². The number of rotatable bonds is 5. The summed E-state index contributed by atoms with van der Waals surface area (Å²) in [5, 5.41) is 12.6. The molecule has 0 radical (unpaired) electrons. The maximum atomic E-state index is 12.2. The molecule has 0 amide bonds. The third-order valence-electron chi connectivity index (χ3n) is 2.81. The lowest BCUT2D eigenvalue weighted by Gasteiger charge is -2.17. The van der Waals surface area contributed by atoms with E-state index in [-0.39, 0.29) is 17.5 Å². The zero-order valence-electron chi connectivity index (χ0n) is 10.9. The summed E-state index contributed by atoms with van der Waals surface area (Å²) < 4.78 is 28.7. The van der Waals surface area contributed by atoms with Gasteiger partial charge in [-0.25, -0.2) is 0 Å². The van der Waals surface area contributed by atoms with Crippen LogP contribution in [0.25, 0.3) is 0 Å². The number of phenolic OH excluding ortho intramolecular Hbond substituents is 1. The van der Waals surface area contributed by atoms with Crippen molar-refractivity contribution in [3.8, 4) is 11.5 Å². The molecule has 5 heteroatoms. The van der Waals surface area contributed by atoms with Gasteiger partial charge in [0.25, 0.3) is 0 Å². The molecule has 0 aliphatic rings. The van der Waals surface area contributed by atoms with Crippen LogP contribution in [0.3, 0.4) is 0 Å². The largest absolute Gasteiger partial charge is 0.508 e. The topological polar surface area (TPSA) is 41.5 Å². The van der Waals surface area contributed by atoms with Crippen molar-refractivity contribution in [2.24, 2.45) is 0 Å². The first-order valence-corrected chi connectivity index (χ1v) is 6.15. The standard InChI is InChI=1S/C15H15F2NO2/c1-10(18-12-5-3-6-13(19)9-12)11-4-2-7-14(8-11)20-15(16)17/h2-10,15,18-19H,1H3. The van der Waals surface area contributed by atoms with Crippen molar-refractivity contribution in [2.75, 3.05) is 5.32 Å². The smallest absolute Gasteiger partial charge is 0.387 e. The van der Waals surface area contributed by atoms with Gasteiger partial charge < -0.3 is 15.2 Å². The molecular formula is C15H15F2NO2. The monoisotopic (exact) mass is 279 g/mol. The van der Waals surface area contributed by atoms with Crippen LogP contribution in [0.2, 0.25) is 0 Å². The van der Waals surface area contributed by atoms with E-state index in [1.54, 1.807) is 30.3 Å². The number of hydrogen-bond acceptors (Lipinski definition) is 3. The van der Waals surface area contributed by atoms with Gasteiger partial charge in [0.1, 0.15) is 11.5 Å². The Kier molecular flexibility index (Phi) is 4.40. The number of hydrogen-bond donors (Lipinski definition) is 2. The fourth-order valence-corrected chi connectivity index (χ4v) is 1.89. The van der Waals surface area contributed by atoms with E-state index in [2.05, 4.69) is 10.1 Å². The highest BCUT2D eigenvalue weighted by Gasteiger charge is 2.09. The van der Waals surface area contributed by atoms with Crippen molar-refractivity contribution in [2.45, 2.75) is 19.6 Å².